The van der Waals surface area contributed by atoms with E-state index < -0.39 is 58.8 Å². The quantitative estimate of drug-likeness (QED) is 0.0314. The number of esters is 1. The standard InChI is InChI=1S/C48H68N6O11S/c1-9-32(5)43(51-45(57)40-13-10-11-22-52(40)8)47(58)53(64-24-12-23-63-28-36-18-20-38(21-19-36)54(61)62)41(30(2)3)27-42(65-34(7)55)46-50-39(29-66-46)44(56)49-37(25-33(6)48(59)60)26-35-16-14-31(4)15-17-35/h14-21,29-30,32-33,37,40-43H,9-13,22-28H2,1-8H3,(H,49,56)(H,51,57)(H,59,60)/t32-,33-,37+,40+,41+,42+,43-/m0/s1. The second kappa shape index (κ2) is 26.1. The number of likely N-dealkylation sites (N-methyl/N-ethyl adjacent to an activating group) is 1. The molecule has 1 aliphatic rings. The second-order valence-electron chi connectivity index (χ2n) is 17.7. The highest BCUT2D eigenvalue weighted by molar-refractivity contribution is 7.09. The monoisotopic (exact) mass is 936 g/mol. The third-order valence-electron chi connectivity index (χ3n) is 12.0. The van der Waals surface area contributed by atoms with Gasteiger partial charge in [0.25, 0.3) is 17.5 Å². The number of nitrogens with zero attached hydrogens (tertiary/aromatic N) is 4. The first-order chi connectivity index (χ1) is 31.4. The van der Waals surface area contributed by atoms with Crippen LogP contribution in [0.15, 0.2) is 53.9 Å². The molecule has 1 aromatic heterocycles. The van der Waals surface area contributed by atoms with Crippen LogP contribution >= 0.6 is 11.3 Å². The number of benzene rings is 2. The van der Waals surface area contributed by atoms with Gasteiger partial charge in [-0.25, -0.2) is 10.0 Å². The van der Waals surface area contributed by atoms with Crippen LogP contribution in [0.25, 0.3) is 0 Å². The number of carboxylic acid groups (broad SMARTS) is 1. The Labute approximate surface area is 392 Å². The van der Waals surface area contributed by atoms with E-state index in [0.717, 1.165) is 47.4 Å². The molecule has 3 aromatic rings. The number of piperidine rings is 1. The molecular formula is C48H68N6O11S. The summed E-state index contributed by atoms with van der Waals surface area (Å²) in [7, 11) is 1.91. The zero-order valence-corrected chi connectivity index (χ0v) is 40.3. The summed E-state index contributed by atoms with van der Waals surface area (Å²) in [5.41, 5.74) is 2.80. The molecule has 2 heterocycles. The van der Waals surface area contributed by atoms with E-state index in [1.54, 1.807) is 24.4 Å². The highest BCUT2D eigenvalue weighted by Gasteiger charge is 2.40. The van der Waals surface area contributed by atoms with Crippen molar-refractivity contribution in [1.29, 1.82) is 0 Å². The molecular weight excluding hydrogens is 869 g/mol. The lowest BCUT2D eigenvalue weighted by atomic mass is 9.93. The number of nitrogens with one attached hydrogen (secondary N) is 2. The molecule has 18 heteroatoms. The Kier molecular flexibility index (Phi) is 21.1. The van der Waals surface area contributed by atoms with Crippen LogP contribution in [0, 0.1) is 34.8 Å². The maximum Gasteiger partial charge on any atom is 0.306 e. The number of hydrogen-bond donors (Lipinski definition) is 3. The first-order valence-electron chi connectivity index (χ1n) is 22.9. The van der Waals surface area contributed by atoms with Crippen LogP contribution < -0.4 is 10.6 Å². The van der Waals surface area contributed by atoms with Gasteiger partial charge in [0.1, 0.15) is 16.7 Å². The normalized spacial score (nSPS) is 16.9. The van der Waals surface area contributed by atoms with Crippen LogP contribution in [-0.2, 0) is 46.5 Å². The van der Waals surface area contributed by atoms with Gasteiger partial charge in [-0.05, 0) is 87.7 Å². The molecule has 1 aliphatic heterocycles. The predicted molar refractivity (Wildman–Crippen MR) is 249 cm³/mol. The van der Waals surface area contributed by atoms with Crippen molar-refractivity contribution in [1.82, 2.24) is 25.6 Å². The number of rotatable bonds is 26. The van der Waals surface area contributed by atoms with E-state index in [4.69, 9.17) is 14.3 Å². The van der Waals surface area contributed by atoms with Crippen molar-refractivity contribution in [2.45, 2.75) is 137 Å². The highest BCUT2D eigenvalue weighted by atomic mass is 32.1. The Morgan fingerprint density at radius 3 is 2.27 bits per heavy atom. The molecule has 0 radical (unpaired) electrons. The molecule has 4 rings (SSSR count). The molecule has 7 atom stereocenters. The SMILES string of the molecule is CC[C@H](C)[C@H](NC(=O)[C@H]1CCCCN1C)C(=O)N(OCCCOCc1ccc([N+](=O)[O-])cc1)[C@H](C[C@@H](OC(C)=O)c1nc(C(=O)N[C@@H](Cc2ccc(C)cc2)C[C@H](C)C(=O)O)cs1)C(C)C. The molecule has 0 saturated carbocycles. The minimum atomic E-state index is -1.01. The van der Waals surface area contributed by atoms with E-state index in [1.165, 1.54) is 24.1 Å². The number of carbonyl (C=O) groups is 5. The van der Waals surface area contributed by atoms with Gasteiger partial charge in [-0.3, -0.25) is 43.8 Å². The maximum absolute atomic E-state index is 15.0. The number of aliphatic carboxylic acids is 1. The molecule has 0 spiro atoms. The van der Waals surface area contributed by atoms with E-state index in [0.29, 0.717) is 30.7 Å². The first kappa shape index (κ1) is 53.3. The predicted octanol–water partition coefficient (Wildman–Crippen LogP) is 7.21. The Morgan fingerprint density at radius 2 is 1.67 bits per heavy atom. The lowest BCUT2D eigenvalue weighted by Gasteiger charge is -2.39. The van der Waals surface area contributed by atoms with Crippen LogP contribution in [0.4, 0.5) is 5.69 Å². The molecule has 0 aliphatic carbocycles. The summed E-state index contributed by atoms with van der Waals surface area (Å²) in [6.07, 6.45) is 3.11. The van der Waals surface area contributed by atoms with Gasteiger partial charge in [0.05, 0.1) is 36.1 Å². The number of nitro groups is 1. The fourth-order valence-electron chi connectivity index (χ4n) is 7.81. The number of aromatic nitrogens is 1. The summed E-state index contributed by atoms with van der Waals surface area (Å²) >= 11 is 1.12. The number of amides is 3. The Balaban J connectivity index is 1.59. The molecule has 0 bridgehead atoms. The van der Waals surface area contributed by atoms with Crippen molar-refractivity contribution in [3.63, 3.8) is 0 Å². The minimum absolute atomic E-state index is 0.0200. The van der Waals surface area contributed by atoms with E-state index >= 15 is 0 Å². The van der Waals surface area contributed by atoms with Gasteiger partial charge in [0.2, 0.25) is 5.91 Å². The Bertz CT molecular complexity index is 2060. The number of nitro benzene ring substituents is 1. The lowest BCUT2D eigenvalue weighted by Crippen LogP contribution is -2.58. The first-order valence-corrected chi connectivity index (χ1v) is 23.8. The fraction of sp³-hybridized carbons (Fsp3) is 0.583. The molecule has 1 fully saturated rings. The zero-order chi connectivity index (χ0) is 48.5. The third kappa shape index (κ3) is 16.2. The summed E-state index contributed by atoms with van der Waals surface area (Å²) in [4.78, 5) is 90.7. The molecule has 0 unspecified atom stereocenters. The topological polar surface area (TPSA) is 220 Å². The van der Waals surface area contributed by atoms with Crippen molar-refractivity contribution < 1.29 is 48.3 Å². The Morgan fingerprint density at radius 1 is 0.985 bits per heavy atom. The average molecular weight is 937 g/mol. The summed E-state index contributed by atoms with van der Waals surface area (Å²) in [5.74, 6) is -4.06. The van der Waals surface area contributed by atoms with Crippen molar-refractivity contribution in [2.24, 2.45) is 17.8 Å². The van der Waals surface area contributed by atoms with Crippen LogP contribution in [0.5, 0.6) is 0 Å². The number of aryl methyl sites for hydroxylation is 1. The maximum atomic E-state index is 15.0. The number of non-ortho nitro benzene ring substituents is 1. The van der Waals surface area contributed by atoms with Gasteiger partial charge in [-0.1, -0.05) is 77.3 Å². The van der Waals surface area contributed by atoms with Crippen molar-refractivity contribution in [3.8, 4) is 0 Å². The number of ether oxygens (including phenoxy) is 2. The average Bonchev–Trinajstić information content (AvgIpc) is 3.78. The zero-order valence-electron chi connectivity index (χ0n) is 39.5. The molecule has 1 saturated heterocycles. The van der Waals surface area contributed by atoms with Crippen LogP contribution in [-0.4, -0.2) is 106 Å². The number of carbonyl (C=O) groups excluding carboxylic acids is 4. The number of hydrogen-bond acceptors (Lipinski definition) is 13. The Hall–Kier alpha value is -5.30. The van der Waals surface area contributed by atoms with Gasteiger partial charge >= 0.3 is 11.9 Å². The van der Waals surface area contributed by atoms with E-state index in [1.807, 2.05) is 70.8 Å². The number of hydroxylamine groups is 2. The molecule has 3 amide bonds. The van der Waals surface area contributed by atoms with Crippen molar-refractivity contribution in [2.75, 3.05) is 26.8 Å². The number of thiazole rings is 1. The van der Waals surface area contributed by atoms with Crippen LogP contribution in [0.3, 0.4) is 0 Å². The van der Waals surface area contributed by atoms with Gasteiger partial charge in [-0.15, -0.1) is 11.3 Å². The molecule has 362 valence electrons. The molecule has 3 N–H and O–H groups in total. The van der Waals surface area contributed by atoms with Crippen molar-refractivity contribution in [3.05, 3.63) is 91.4 Å². The summed E-state index contributed by atoms with van der Waals surface area (Å²) < 4.78 is 11.7. The summed E-state index contributed by atoms with van der Waals surface area (Å²) in [6, 6.07) is 11.3. The number of likely N-dealkylation sites (tertiary alicyclic amines) is 1. The van der Waals surface area contributed by atoms with Gasteiger partial charge < -0.3 is 25.2 Å². The molecule has 2 aromatic carbocycles. The largest absolute Gasteiger partial charge is 0.481 e. The second-order valence-corrected chi connectivity index (χ2v) is 18.6. The van der Waals surface area contributed by atoms with Gasteiger partial charge in [0, 0.05) is 43.5 Å². The lowest BCUT2D eigenvalue weighted by molar-refractivity contribution is -0.384. The van der Waals surface area contributed by atoms with E-state index in [-0.39, 0.29) is 67.8 Å². The summed E-state index contributed by atoms with van der Waals surface area (Å²) in [5, 5.41) is 30.0. The minimum Gasteiger partial charge on any atom is -0.481 e. The third-order valence-corrected chi connectivity index (χ3v) is 12.9. The smallest absolute Gasteiger partial charge is 0.306 e. The van der Waals surface area contributed by atoms with Gasteiger partial charge in [-0.2, -0.15) is 0 Å². The van der Waals surface area contributed by atoms with Crippen molar-refractivity contribution >= 4 is 46.7 Å². The molecule has 17 nitrogen and oxygen atoms in total. The highest BCUT2D eigenvalue weighted by Crippen LogP contribution is 2.32. The number of carboxylic acids is 1. The van der Waals surface area contributed by atoms with Crippen LogP contribution in [0.2, 0.25) is 0 Å². The summed E-state index contributed by atoms with van der Waals surface area (Å²) in [6.45, 7) is 13.8. The fourth-order valence-corrected chi connectivity index (χ4v) is 8.65. The van der Waals surface area contributed by atoms with E-state index in [2.05, 4.69) is 15.6 Å². The van der Waals surface area contributed by atoms with E-state index in [9.17, 15) is 39.2 Å². The molecule has 66 heavy (non-hydrogen) atoms. The van der Waals surface area contributed by atoms with Crippen LogP contribution in [0.1, 0.15) is 125 Å². The van der Waals surface area contributed by atoms with Gasteiger partial charge in [0.15, 0.2) is 6.10 Å².